The number of fused-ring (bicyclic) bond motifs is 3. The molecule has 2 atom stereocenters. The van der Waals surface area contributed by atoms with E-state index in [0.29, 0.717) is 18.9 Å². The normalized spacial score (nSPS) is 19.5. The van der Waals surface area contributed by atoms with Gasteiger partial charge in [0.05, 0.1) is 11.8 Å². The van der Waals surface area contributed by atoms with Crippen LogP contribution >= 0.6 is 0 Å². The predicted molar refractivity (Wildman–Crippen MR) is 121 cm³/mol. The molecular weight excluding hydrogens is 388 g/mol. The zero-order valence-electron chi connectivity index (χ0n) is 17.3. The van der Waals surface area contributed by atoms with Gasteiger partial charge in [0.15, 0.2) is 5.82 Å². The Morgan fingerprint density at radius 3 is 2.23 bits per heavy atom. The fourth-order valence-corrected chi connectivity index (χ4v) is 4.65. The maximum Gasteiger partial charge on any atom is 0.407 e. The van der Waals surface area contributed by atoms with Crippen molar-refractivity contribution < 1.29 is 9.90 Å². The number of benzene rings is 2. The molecule has 1 amide bonds. The lowest BCUT2D eigenvalue weighted by atomic mass is 10.0. The van der Waals surface area contributed by atoms with Crippen LogP contribution in [0.4, 0.5) is 16.4 Å². The van der Waals surface area contributed by atoms with E-state index in [4.69, 9.17) is 9.98 Å². The second-order valence-electron chi connectivity index (χ2n) is 8.15. The van der Waals surface area contributed by atoms with Gasteiger partial charge < -0.3 is 14.9 Å². The molecule has 6 heteroatoms. The summed E-state index contributed by atoms with van der Waals surface area (Å²) < 4.78 is 0. The van der Waals surface area contributed by atoms with Crippen molar-refractivity contribution in [3.63, 3.8) is 0 Å². The smallest absolute Gasteiger partial charge is 0.407 e. The van der Waals surface area contributed by atoms with E-state index >= 15 is 0 Å². The summed E-state index contributed by atoms with van der Waals surface area (Å²) >= 11 is 0. The number of piperazine rings is 1. The van der Waals surface area contributed by atoms with E-state index in [9.17, 15) is 9.90 Å². The van der Waals surface area contributed by atoms with Crippen LogP contribution in [-0.4, -0.2) is 52.0 Å². The Kier molecular flexibility index (Phi) is 4.90. The number of aliphatic imine (C=N–C) groups is 1. The molecule has 3 heterocycles. The zero-order chi connectivity index (χ0) is 21.4. The third-order valence-corrected chi connectivity index (χ3v) is 6.02. The molecule has 2 aromatic carbocycles. The molecule has 2 aliphatic rings. The first-order valence-electron chi connectivity index (χ1n) is 10.6. The minimum Gasteiger partial charge on any atom is -0.465 e. The molecular formula is C25H24N4O2. The highest BCUT2D eigenvalue weighted by atomic mass is 16.4. The SMILES string of the molecule is C[C@@H]1CN(C(=O)O)C[C@H]2Cc3ccc(N=C(c4ccccc4)c4ccccc4)nc3N21. The summed E-state index contributed by atoms with van der Waals surface area (Å²) in [6.07, 6.45) is -0.0407. The first-order valence-corrected chi connectivity index (χ1v) is 10.6. The minimum atomic E-state index is -0.851. The summed E-state index contributed by atoms with van der Waals surface area (Å²) in [5.74, 6) is 1.60. The van der Waals surface area contributed by atoms with Gasteiger partial charge in [0, 0.05) is 30.3 Å². The largest absolute Gasteiger partial charge is 0.465 e. The second kappa shape index (κ2) is 7.87. The fraction of sp³-hybridized carbons (Fsp3) is 0.240. The maximum atomic E-state index is 11.5. The van der Waals surface area contributed by atoms with Gasteiger partial charge in [0.25, 0.3) is 0 Å². The van der Waals surface area contributed by atoms with Crippen molar-refractivity contribution in [2.75, 3.05) is 18.0 Å². The fourth-order valence-electron chi connectivity index (χ4n) is 4.65. The molecule has 0 bridgehead atoms. The predicted octanol–water partition coefficient (Wildman–Crippen LogP) is 4.36. The van der Waals surface area contributed by atoms with Crippen molar-refractivity contribution in [3.8, 4) is 0 Å². The maximum absolute atomic E-state index is 11.5. The average Bonchev–Trinajstić information content (AvgIpc) is 3.17. The quantitative estimate of drug-likeness (QED) is 0.649. The van der Waals surface area contributed by atoms with Crippen LogP contribution in [-0.2, 0) is 6.42 Å². The second-order valence-corrected chi connectivity index (χ2v) is 8.15. The van der Waals surface area contributed by atoms with Gasteiger partial charge in [-0.05, 0) is 25.0 Å². The third kappa shape index (κ3) is 3.65. The van der Waals surface area contributed by atoms with Crippen molar-refractivity contribution in [2.45, 2.75) is 25.4 Å². The van der Waals surface area contributed by atoms with Crippen molar-refractivity contribution in [1.29, 1.82) is 0 Å². The van der Waals surface area contributed by atoms with Gasteiger partial charge in [-0.3, -0.25) is 0 Å². The molecule has 156 valence electrons. The molecule has 5 rings (SSSR count). The molecule has 0 saturated carbocycles. The minimum absolute atomic E-state index is 0.0746. The highest BCUT2D eigenvalue weighted by Crippen LogP contribution is 2.36. The molecule has 0 radical (unpaired) electrons. The highest BCUT2D eigenvalue weighted by Gasteiger charge is 2.40. The lowest BCUT2D eigenvalue weighted by Crippen LogP contribution is -2.57. The topological polar surface area (TPSA) is 69.0 Å². The lowest BCUT2D eigenvalue weighted by Gasteiger charge is -2.42. The number of hydrogen-bond donors (Lipinski definition) is 1. The van der Waals surface area contributed by atoms with E-state index in [1.165, 1.54) is 4.90 Å². The Bertz CT molecular complexity index is 1090. The van der Waals surface area contributed by atoms with Gasteiger partial charge in [0.2, 0.25) is 0 Å². The Morgan fingerprint density at radius 1 is 0.968 bits per heavy atom. The summed E-state index contributed by atoms with van der Waals surface area (Å²) in [7, 11) is 0. The standard InChI is InChI=1S/C25H24N4O2/c1-17-15-28(25(30)31)16-21-14-20-12-13-22(27-24(20)29(17)21)26-23(18-8-4-2-5-9-18)19-10-6-3-7-11-19/h2-13,17,21H,14-16H2,1H3,(H,30,31)/t17-,21-/m1/s1. The summed E-state index contributed by atoms with van der Waals surface area (Å²) in [6, 6.07) is 24.5. The Hall–Kier alpha value is -3.67. The number of hydrogen-bond acceptors (Lipinski definition) is 4. The molecule has 1 fully saturated rings. The van der Waals surface area contributed by atoms with E-state index in [1.54, 1.807) is 0 Å². The van der Waals surface area contributed by atoms with Crippen LogP contribution < -0.4 is 4.90 Å². The molecule has 0 aliphatic carbocycles. The van der Waals surface area contributed by atoms with Gasteiger partial charge in [0.1, 0.15) is 5.82 Å². The van der Waals surface area contributed by atoms with Crippen LogP contribution in [0, 0.1) is 0 Å². The first kappa shape index (κ1) is 19.3. The van der Waals surface area contributed by atoms with Crippen molar-refractivity contribution in [3.05, 3.63) is 89.5 Å². The van der Waals surface area contributed by atoms with E-state index in [0.717, 1.165) is 34.6 Å². The number of amides is 1. The van der Waals surface area contributed by atoms with E-state index in [-0.39, 0.29) is 12.1 Å². The number of anilines is 1. The van der Waals surface area contributed by atoms with Crippen molar-refractivity contribution >= 4 is 23.4 Å². The molecule has 0 spiro atoms. The van der Waals surface area contributed by atoms with E-state index < -0.39 is 6.09 Å². The summed E-state index contributed by atoms with van der Waals surface area (Å²) in [5.41, 5.74) is 4.12. The van der Waals surface area contributed by atoms with Crippen LogP contribution in [0.25, 0.3) is 0 Å². The highest BCUT2D eigenvalue weighted by molar-refractivity contribution is 6.13. The van der Waals surface area contributed by atoms with Crippen LogP contribution in [0.3, 0.4) is 0 Å². The molecule has 3 aromatic rings. The molecule has 1 N–H and O–H groups in total. The molecule has 6 nitrogen and oxygen atoms in total. The van der Waals surface area contributed by atoms with Gasteiger partial charge >= 0.3 is 6.09 Å². The number of pyridine rings is 1. The van der Waals surface area contributed by atoms with Gasteiger partial charge in [-0.25, -0.2) is 14.8 Å². The summed E-state index contributed by atoms with van der Waals surface area (Å²) in [6.45, 7) is 3.06. The monoisotopic (exact) mass is 412 g/mol. The molecule has 0 unspecified atom stereocenters. The Balaban J connectivity index is 1.53. The van der Waals surface area contributed by atoms with Crippen molar-refractivity contribution in [2.24, 2.45) is 4.99 Å². The van der Waals surface area contributed by atoms with Crippen molar-refractivity contribution in [1.82, 2.24) is 9.88 Å². The van der Waals surface area contributed by atoms with Gasteiger partial charge in [-0.2, -0.15) is 0 Å². The number of carbonyl (C=O) groups is 1. The van der Waals surface area contributed by atoms with Gasteiger partial charge in [-0.15, -0.1) is 0 Å². The lowest BCUT2D eigenvalue weighted by molar-refractivity contribution is 0.128. The first-order chi connectivity index (χ1) is 15.1. The average molecular weight is 412 g/mol. The van der Waals surface area contributed by atoms with Crippen LogP contribution in [0.5, 0.6) is 0 Å². The molecule has 1 aromatic heterocycles. The van der Waals surface area contributed by atoms with Crippen LogP contribution in [0.15, 0.2) is 77.8 Å². The molecule has 2 aliphatic heterocycles. The Morgan fingerprint density at radius 2 is 1.61 bits per heavy atom. The van der Waals surface area contributed by atoms with E-state index in [2.05, 4.69) is 42.2 Å². The third-order valence-electron chi connectivity index (χ3n) is 6.02. The number of nitrogens with zero attached hydrogens (tertiary/aromatic N) is 4. The molecule has 1 saturated heterocycles. The Labute approximate surface area is 181 Å². The summed E-state index contributed by atoms with van der Waals surface area (Å²) in [5, 5.41) is 9.43. The number of aromatic nitrogens is 1. The number of rotatable bonds is 3. The summed E-state index contributed by atoms with van der Waals surface area (Å²) in [4.78, 5) is 25.1. The number of carboxylic acid groups (broad SMARTS) is 1. The van der Waals surface area contributed by atoms with Crippen LogP contribution in [0.2, 0.25) is 0 Å². The van der Waals surface area contributed by atoms with Crippen LogP contribution in [0.1, 0.15) is 23.6 Å². The zero-order valence-corrected chi connectivity index (χ0v) is 17.3. The molecule has 31 heavy (non-hydrogen) atoms. The van der Waals surface area contributed by atoms with E-state index in [1.807, 2.05) is 42.5 Å². The van der Waals surface area contributed by atoms with Gasteiger partial charge in [-0.1, -0.05) is 66.7 Å².